The largest absolute Gasteiger partial charge is 0.480 e. The first-order chi connectivity index (χ1) is 5.59. The molecule has 0 bridgehead atoms. The standard InChI is InChI=1S/C8H12O4.2BrH/c9-6(10)8(7(11)12)4-2-1-3-5-8;;/h1-5H2,(H,9,10)(H,11,12);2*1H. The molecule has 1 fully saturated rings. The van der Waals surface area contributed by atoms with Crippen LogP contribution in [-0.2, 0) is 9.59 Å². The third kappa shape index (κ3) is 2.95. The molecule has 0 aromatic rings. The molecule has 0 heterocycles. The molecular weight excluding hydrogens is 320 g/mol. The van der Waals surface area contributed by atoms with Crippen LogP contribution < -0.4 is 0 Å². The van der Waals surface area contributed by atoms with Gasteiger partial charge in [-0.15, -0.1) is 34.0 Å². The second-order valence-electron chi connectivity index (χ2n) is 3.25. The van der Waals surface area contributed by atoms with E-state index in [1.54, 1.807) is 0 Å². The molecule has 1 aliphatic carbocycles. The summed E-state index contributed by atoms with van der Waals surface area (Å²) < 4.78 is 0. The first-order valence-electron chi connectivity index (χ1n) is 4.06. The van der Waals surface area contributed by atoms with Crippen molar-refractivity contribution in [3.8, 4) is 0 Å². The molecule has 0 aromatic heterocycles. The molecular formula is C8H14Br2O4. The summed E-state index contributed by atoms with van der Waals surface area (Å²) in [5, 5.41) is 17.6. The topological polar surface area (TPSA) is 74.6 Å². The summed E-state index contributed by atoms with van der Waals surface area (Å²) in [7, 11) is 0. The van der Waals surface area contributed by atoms with Crippen LogP contribution >= 0.6 is 34.0 Å². The highest BCUT2D eigenvalue weighted by atomic mass is 79.9. The lowest BCUT2D eigenvalue weighted by atomic mass is 9.74. The summed E-state index contributed by atoms with van der Waals surface area (Å²) in [5.41, 5.74) is -1.49. The van der Waals surface area contributed by atoms with Crippen molar-refractivity contribution >= 4 is 45.9 Å². The van der Waals surface area contributed by atoms with Crippen LogP contribution in [0.25, 0.3) is 0 Å². The third-order valence-electron chi connectivity index (χ3n) is 2.53. The molecule has 0 saturated heterocycles. The van der Waals surface area contributed by atoms with Crippen molar-refractivity contribution in [2.45, 2.75) is 32.1 Å². The normalized spacial score (nSPS) is 18.6. The zero-order valence-electron chi connectivity index (χ0n) is 7.56. The van der Waals surface area contributed by atoms with Gasteiger partial charge in [0, 0.05) is 0 Å². The van der Waals surface area contributed by atoms with Gasteiger partial charge in [-0.25, -0.2) is 0 Å². The highest BCUT2D eigenvalue weighted by Gasteiger charge is 2.46. The Morgan fingerprint density at radius 3 is 1.43 bits per heavy atom. The van der Waals surface area contributed by atoms with Gasteiger partial charge < -0.3 is 10.2 Å². The molecule has 84 valence electrons. The first-order valence-corrected chi connectivity index (χ1v) is 4.06. The Labute approximate surface area is 103 Å². The van der Waals surface area contributed by atoms with Crippen LogP contribution in [-0.4, -0.2) is 22.2 Å². The molecule has 0 atom stereocenters. The lowest BCUT2D eigenvalue weighted by Gasteiger charge is -2.28. The van der Waals surface area contributed by atoms with Crippen LogP contribution in [0, 0.1) is 5.41 Å². The minimum atomic E-state index is -1.49. The molecule has 14 heavy (non-hydrogen) atoms. The van der Waals surface area contributed by atoms with E-state index in [4.69, 9.17) is 10.2 Å². The highest BCUT2D eigenvalue weighted by molar-refractivity contribution is 8.93. The summed E-state index contributed by atoms with van der Waals surface area (Å²) in [5.74, 6) is -2.37. The van der Waals surface area contributed by atoms with Gasteiger partial charge in [0.05, 0.1) is 0 Å². The fourth-order valence-electron chi connectivity index (χ4n) is 1.67. The molecule has 1 saturated carbocycles. The molecule has 1 aliphatic rings. The van der Waals surface area contributed by atoms with E-state index in [0.717, 1.165) is 6.42 Å². The van der Waals surface area contributed by atoms with Crippen molar-refractivity contribution in [1.82, 2.24) is 0 Å². The number of hydrogen-bond acceptors (Lipinski definition) is 2. The molecule has 0 aliphatic heterocycles. The molecule has 0 spiro atoms. The van der Waals surface area contributed by atoms with Crippen LogP contribution in [0.2, 0.25) is 0 Å². The summed E-state index contributed by atoms with van der Waals surface area (Å²) >= 11 is 0. The molecule has 6 heteroatoms. The number of aliphatic carboxylic acids is 2. The van der Waals surface area contributed by atoms with Gasteiger partial charge in [0.2, 0.25) is 0 Å². The van der Waals surface area contributed by atoms with Crippen LogP contribution in [0.1, 0.15) is 32.1 Å². The maximum atomic E-state index is 10.7. The predicted molar refractivity (Wildman–Crippen MR) is 61.4 cm³/mol. The van der Waals surface area contributed by atoms with Gasteiger partial charge in [-0.05, 0) is 12.8 Å². The van der Waals surface area contributed by atoms with Gasteiger partial charge in [-0.3, -0.25) is 9.59 Å². The van der Waals surface area contributed by atoms with E-state index in [0.29, 0.717) is 12.8 Å². The van der Waals surface area contributed by atoms with E-state index in [1.165, 1.54) is 0 Å². The second-order valence-corrected chi connectivity index (χ2v) is 3.25. The minimum Gasteiger partial charge on any atom is -0.480 e. The van der Waals surface area contributed by atoms with Gasteiger partial charge in [0.25, 0.3) is 0 Å². The third-order valence-corrected chi connectivity index (χ3v) is 2.53. The lowest BCUT2D eigenvalue weighted by molar-refractivity contribution is -0.167. The van der Waals surface area contributed by atoms with Crippen molar-refractivity contribution in [3.63, 3.8) is 0 Å². The number of carboxylic acids is 2. The zero-order valence-corrected chi connectivity index (χ0v) is 11.0. The monoisotopic (exact) mass is 332 g/mol. The van der Waals surface area contributed by atoms with E-state index < -0.39 is 17.4 Å². The average Bonchev–Trinajstić information content (AvgIpc) is 2.05. The second kappa shape index (κ2) is 6.40. The maximum absolute atomic E-state index is 10.7. The predicted octanol–water partition coefficient (Wildman–Crippen LogP) is 2.26. The van der Waals surface area contributed by atoms with Crippen molar-refractivity contribution in [3.05, 3.63) is 0 Å². The molecule has 0 amide bonds. The maximum Gasteiger partial charge on any atom is 0.321 e. The first kappa shape index (κ1) is 16.3. The Kier molecular flexibility index (Phi) is 7.46. The fraction of sp³-hybridized carbons (Fsp3) is 0.750. The van der Waals surface area contributed by atoms with E-state index >= 15 is 0 Å². The number of carbonyl (C=O) groups is 2. The molecule has 1 rings (SSSR count). The Hall–Kier alpha value is -0.100. The van der Waals surface area contributed by atoms with Crippen LogP contribution in [0.3, 0.4) is 0 Å². The van der Waals surface area contributed by atoms with Crippen molar-refractivity contribution < 1.29 is 19.8 Å². The summed E-state index contributed by atoms with van der Waals surface area (Å²) in [6.45, 7) is 0. The van der Waals surface area contributed by atoms with Gasteiger partial charge >= 0.3 is 11.9 Å². The van der Waals surface area contributed by atoms with Gasteiger partial charge in [-0.2, -0.15) is 0 Å². The molecule has 0 aromatic carbocycles. The smallest absolute Gasteiger partial charge is 0.321 e. The number of carboxylic acid groups (broad SMARTS) is 2. The molecule has 0 radical (unpaired) electrons. The average molecular weight is 334 g/mol. The number of halogens is 2. The minimum absolute atomic E-state index is 0. The summed E-state index contributed by atoms with van der Waals surface area (Å²) in [4.78, 5) is 21.5. The van der Waals surface area contributed by atoms with Gasteiger partial charge in [0.15, 0.2) is 5.41 Å². The van der Waals surface area contributed by atoms with Gasteiger partial charge in [0.1, 0.15) is 0 Å². The Balaban J connectivity index is 0. The summed E-state index contributed by atoms with van der Waals surface area (Å²) in [6.07, 6.45) is 2.91. The van der Waals surface area contributed by atoms with E-state index in [1.807, 2.05) is 0 Å². The van der Waals surface area contributed by atoms with E-state index in [9.17, 15) is 9.59 Å². The zero-order chi connectivity index (χ0) is 9.19. The SMILES string of the molecule is Br.Br.O=C(O)C1(C(=O)O)CCCCC1. The quantitative estimate of drug-likeness (QED) is 0.760. The van der Waals surface area contributed by atoms with E-state index in [-0.39, 0.29) is 46.8 Å². The summed E-state index contributed by atoms with van der Waals surface area (Å²) in [6, 6.07) is 0. The number of hydrogen-bond donors (Lipinski definition) is 2. The van der Waals surface area contributed by atoms with Crippen LogP contribution in [0.4, 0.5) is 0 Å². The molecule has 0 unspecified atom stereocenters. The Morgan fingerprint density at radius 1 is 0.857 bits per heavy atom. The van der Waals surface area contributed by atoms with Crippen LogP contribution in [0.15, 0.2) is 0 Å². The Morgan fingerprint density at radius 2 is 1.21 bits per heavy atom. The Bertz CT molecular complexity index is 195. The van der Waals surface area contributed by atoms with Crippen molar-refractivity contribution in [1.29, 1.82) is 0 Å². The van der Waals surface area contributed by atoms with Crippen molar-refractivity contribution in [2.24, 2.45) is 5.41 Å². The molecule has 2 N–H and O–H groups in total. The lowest BCUT2D eigenvalue weighted by Crippen LogP contribution is -2.40. The van der Waals surface area contributed by atoms with Crippen LogP contribution in [0.5, 0.6) is 0 Å². The molecule has 4 nitrogen and oxygen atoms in total. The highest BCUT2D eigenvalue weighted by Crippen LogP contribution is 2.36. The fourth-order valence-corrected chi connectivity index (χ4v) is 1.67. The van der Waals surface area contributed by atoms with Crippen molar-refractivity contribution in [2.75, 3.05) is 0 Å². The number of rotatable bonds is 2. The van der Waals surface area contributed by atoms with Gasteiger partial charge in [-0.1, -0.05) is 19.3 Å². The van der Waals surface area contributed by atoms with E-state index in [2.05, 4.69) is 0 Å².